The zero-order valence-electron chi connectivity index (χ0n) is 19.5. The molecule has 3 rings (SSSR count). The molecule has 7 nitrogen and oxygen atoms in total. The van der Waals surface area contributed by atoms with Gasteiger partial charge in [-0.2, -0.15) is 0 Å². The van der Waals surface area contributed by atoms with Crippen molar-refractivity contribution in [2.75, 3.05) is 38.5 Å². The molecule has 1 heterocycles. The minimum atomic E-state index is -3.26. The van der Waals surface area contributed by atoms with Crippen LogP contribution in [0.1, 0.15) is 50.2 Å². The molecular formula is C23H40IN5O2S. The molecule has 0 atom stereocenters. The molecule has 0 bridgehead atoms. The van der Waals surface area contributed by atoms with Crippen LogP contribution < -0.4 is 15.4 Å². The van der Waals surface area contributed by atoms with E-state index in [9.17, 15) is 8.42 Å². The highest BCUT2D eigenvalue weighted by molar-refractivity contribution is 14.0. The number of hydrogen-bond acceptors (Lipinski definition) is 4. The molecule has 1 aromatic carbocycles. The molecular weight excluding hydrogens is 537 g/mol. The quantitative estimate of drug-likeness (QED) is 0.226. The van der Waals surface area contributed by atoms with Crippen LogP contribution in [0.5, 0.6) is 0 Å². The molecule has 0 aromatic heterocycles. The molecule has 182 valence electrons. The monoisotopic (exact) mass is 577 g/mol. The highest BCUT2D eigenvalue weighted by Gasteiger charge is 2.21. The summed E-state index contributed by atoms with van der Waals surface area (Å²) in [5, 5.41) is 6.76. The topological polar surface area (TPSA) is 85.8 Å². The van der Waals surface area contributed by atoms with E-state index >= 15 is 0 Å². The molecule has 2 aliphatic rings. The van der Waals surface area contributed by atoms with Gasteiger partial charge in [-0.1, -0.05) is 30.7 Å². The van der Waals surface area contributed by atoms with Crippen molar-refractivity contribution in [2.24, 2.45) is 10.9 Å². The Hall–Kier alpha value is -0.910. The van der Waals surface area contributed by atoms with E-state index in [4.69, 9.17) is 0 Å². The van der Waals surface area contributed by atoms with E-state index < -0.39 is 10.0 Å². The van der Waals surface area contributed by atoms with Gasteiger partial charge in [0.05, 0.1) is 12.3 Å². The van der Waals surface area contributed by atoms with Crippen LogP contribution in [0.15, 0.2) is 29.3 Å². The lowest BCUT2D eigenvalue weighted by atomic mass is 9.86. The van der Waals surface area contributed by atoms with Crippen LogP contribution in [0.4, 0.5) is 0 Å². The van der Waals surface area contributed by atoms with E-state index in [-0.39, 0.29) is 36.3 Å². The number of aryl methyl sites for hydroxylation is 1. The normalized spacial score (nSPS) is 18.6. The maximum absolute atomic E-state index is 12.2. The second-order valence-corrected chi connectivity index (χ2v) is 10.8. The fourth-order valence-electron chi connectivity index (χ4n) is 4.07. The van der Waals surface area contributed by atoms with Crippen molar-refractivity contribution in [1.82, 2.24) is 20.3 Å². The van der Waals surface area contributed by atoms with Gasteiger partial charge in [0, 0.05) is 38.8 Å². The van der Waals surface area contributed by atoms with Crippen LogP contribution >= 0.6 is 24.0 Å². The second-order valence-electron chi connectivity index (χ2n) is 8.85. The lowest BCUT2D eigenvalue weighted by Crippen LogP contribution is -2.48. The van der Waals surface area contributed by atoms with Gasteiger partial charge in [-0.25, -0.2) is 13.1 Å². The maximum Gasteiger partial charge on any atom is 0.213 e. The van der Waals surface area contributed by atoms with Crippen LogP contribution in [0, 0.1) is 12.8 Å². The molecule has 1 saturated carbocycles. The zero-order chi connectivity index (χ0) is 22.1. The van der Waals surface area contributed by atoms with Crippen LogP contribution in [0.3, 0.4) is 0 Å². The van der Waals surface area contributed by atoms with Crippen LogP contribution in [-0.2, 0) is 16.6 Å². The standard InChI is InChI=1S/C23H39N5O2S.HI/c1-3-24-23(25-13-16-31(29,30)26-17-20-8-6-9-20)27-22-11-14-28(15-12-22)18-21-10-5-4-7-19(21)2;/h4-5,7,10,20,22,26H,3,6,8-9,11-18H2,1-2H3,(H2,24,25,27);1H. The van der Waals surface area contributed by atoms with Gasteiger partial charge in [0.1, 0.15) is 0 Å². The molecule has 9 heteroatoms. The van der Waals surface area contributed by atoms with Gasteiger partial charge in [0.25, 0.3) is 0 Å². The van der Waals surface area contributed by atoms with Gasteiger partial charge < -0.3 is 10.6 Å². The third-order valence-corrected chi connectivity index (χ3v) is 7.70. The molecule has 0 spiro atoms. The lowest BCUT2D eigenvalue weighted by molar-refractivity contribution is 0.198. The highest BCUT2D eigenvalue weighted by atomic mass is 127. The Balaban J connectivity index is 0.00000363. The number of nitrogens with zero attached hydrogens (tertiary/aromatic N) is 2. The third-order valence-electron chi connectivity index (χ3n) is 6.37. The first-order valence-corrected chi connectivity index (χ1v) is 13.4. The van der Waals surface area contributed by atoms with E-state index in [0.717, 1.165) is 51.9 Å². The predicted molar refractivity (Wildman–Crippen MR) is 143 cm³/mol. The maximum atomic E-state index is 12.2. The molecule has 1 aliphatic carbocycles. The van der Waals surface area contributed by atoms with E-state index in [1.54, 1.807) is 0 Å². The number of piperidine rings is 1. The van der Waals surface area contributed by atoms with E-state index in [2.05, 4.69) is 56.4 Å². The van der Waals surface area contributed by atoms with Gasteiger partial charge in [-0.3, -0.25) is 9.89 Å². The summed E-state index contributed by atoms with van der Waals surface area (Å²) in [4.78, 5) is 7.02. The molecule has 1 saturated heterocycles. The Labute approximate surface area is 211 Å². The predicted octanol–water partition coefficient (Wildman–Crippen LogP) is 2.85. The first kappa shape index (κ1) is 27.3. The largest absolute Gasteiger partial charge is 0.357 e. The number of guanidine groups is 1. The van der Waals surface area contributed by atoms with Crippen molar-refractivity contribution < 1.29 is 8.42 Å². The van der Waals surface area contributed by atoms with E-state index in [1.807, 2.05) is 6.92 Å². The molecule has 2 fully saturated rings. The number of sulfonamides is 1. The minimum absolute atomic E-state index is 0. The van der Waals surface area contributed by atoms with Gasteiger partial charge in [-0.05, 0) is 56.6 Å². The Bertz CT molecular complexity index is 821. The number of benzene rings is 1. The molecule has 3 N–H and O–H groups in total. The number of rotatable bonds is 10. The first-order chi connectivity index (χ1) is 14.9. The average molecular weight is 578 g/mol. The fourth-order valence-corrected chi connectivity index (χ4v) is 5.03. The zero-order valence-corrected chi connectivity index (χ0v) is 22.6. The van der Waals surface area contributed by atoms with Crippen molar-refractivity contribution in [3.8, 4) is 0 Å². The SMILES string of the molecule is CCNC(=NCCS(=O)(=O)NCC1CCC1)NC1CCN(Cc2ccccc2C)CC1.I. The highest BCUT2D eigenvalue weighted by Crippen LogP contribution is 2.25. The van der Waals surface area contributed by atoms with Crippen LogP contribution in [0.2, 0.25) is 0 Å². The second kappa shape index (κ2) is 13.7. The minimum Gasteiger partial charge on any atom is -0.357 e. The molecule has 1 aliphatic heterocycles. The van der Waals surface area contributed by atoms with Gasteiger partial charge >= 0.3 is 0 Å². The number of nitrogens with one attached hydrogen (secondary N) is 3. The van der Waals surface area contributed by atoms with Crippen LogP contribution in [0.25, 0.3) is 0 Å². The Morgan fingerprint density at radius 2 is 1.88 bits per heavy atom. The summed E-state index contributed by atoms with van der Waals surface area (Å²) >= 11 is 0. The number of hydrogen-bond donors (Lipinski definition) is 3. The molecule has 0 unspecified atom stereocenters. The molecule has 0 radical (unpaired) electrons. The van der Waals surface area contributed by atoms with Crippen molar-refractivity contribution in [2.45, 2.75) is 58.5 Å². The summed E-state index contributed by atoms with van der Waals surface area (Å²) in [6, 6.07) is 8.95. The van der Waals surface area contributed by atoms with Crippen LogP contribution in [-0.4, -0.2) is 63.8 Å². The van der Waals surface area contributed by atoms with Crippen molar-refractivity contribution >= 4 is 40.0 Å². The van der Waals surface area contributed by atoms with E-state index in [1.165, 1.54) is 17.5 Å². The van der Waals surface area contributed by atoms with Gasteiger partial charge in [0.15, 0.2) is 5.96 Å². The smallest absolute Gasteiger partial charge is 0.213 e. The Morgan fingerprint density at radius 1 is 1.16 bits per heavy atom. The van der Waals surface area contributed by atoms with Crippen molar-refractivity contribution in [3.05, 3.63) is 35.4 Å². The summed E-state index contributed by atoms with van der Waals surface area (Å²) in [6.07, 6.45) is 5.60. The lowest BCUT2D eigenvalue weighted by Gasteiger charge is -2.33. The average Bonchev–Trinajstić information content (AvgIpc) is 2.70. The van der Waals surface area contributed by atoms with Crippen molar-refractivity contribution in [1.29, 1.82) is 0 Å². The first-order valence-electron chi connectivity index (χ1n) is 11.7. The van der Waals surface area contributed by atoms with Gasteiger partial charge in [-0.15, -0.1) is 24.0 Å². The fraction of sp³-hybridized carbons (Fsp3) is 0.696. The van der Waals surface area contributed by atoms with Crippen molar-refractivity contribution in [3.63, 3.8) is 0 Å². The number of aliphatic imine (C=N–C) groups is 1. The summed E-state index contributed by atoms with van der Waals surface area (Å²) in [5.41, 5.74) is 2.75. The number of halogens is 1. The summed E-state index contributed by atoms with van der Waals surface area (Å²) in [7, 11) is -3.26. The Kier molecular flexibility index (Phi) is 11.7. The summed E-state index contributed by atoms with van der Waals surface area (Å²) in [5.74, 6) is 1.27. The summed E-state index contributed by atoms with van der Waals surface area (Å²) < 4.78 is 27.1. The molecule has 32 heavy (non-hydrogen) atoms. The molecule has 0 amide bonds. The Morgan fingerprint density at radius 3 is 2.50 bits per heavy atom. The molecule has 1 aromatic rings. The van der Waals surface area contributed by atoms with Gasteiger partial charge in [0.2, 0.25) is 10.0 Å². The van der Waals surface area contributed by atoms with E-state index in [0.29, 0.717) is 24.5 Å². The summed E-state index contributed by atoms with van der Waals surface area (Å²) in [6.45, 7) is 8.89. The third kappa shape index (κ3) is 9.15. The number of likely N-dealkylation sites (tertiary alicyclic amines) is 1.